The largest absolute Gasteiger partial charge is 0.334 e. The molecule has 7 heteroatoms. The van der Waals surface area contributed by atoms with Crippen LogP contribution >= 0.6 is 11.6 Å². The number of aromatic nitrogens is 2. The second-order valence-electron chi connectivity index (χ2n) is 4.17. The lowest BCUT2D eigenvalue weighted by Crippen LogP contribution is -2.36. The zero-order valence-electron chi connectivity index (χ0n) is 11.0. The van der Waals surface area contributed by atoms with E-state index in [0.29, 0.717) is 6.42 Å². The third-order valence-electron chi connectivity index (χ3n) is 3.00. The van der Waals surface area contributed by atoms with Crippen molar-refractivity contribution >= 4 is 11.6 Å². The number of halogens is 1. The lowest BCUT2D eigenvalue weighted by atomic mass is 10.1. The van der Waals surface area contributed by atoms with Crippen LogP contribution in [0.1, 0.15) is 23.6 Å². The summed E-state index contributed by atoms with van der Waals surface area (Å²) in [6.45, 7) is 1.74. The van der Waals surface area contributed by atoms with Gasteiger partial charge in [0.15, 0.2) is 0 Å². The number of hydrogen-bond acceptors (Lipinski definition) is 4. The number of nitrogens with zero attached hydrogens (tertiary/aromatic N) is 3. The molecular formula is C14H9ClN4O2. The van der Waals surface area contributed by atoms with Gasteiger partial charge in [-0.3, -0.25) is 9.78 Å². The standard InChI is InChI=1S/C14H9ClN4O2/c1-2-11-12(15)18-14(21)19(13(11)20)10-4-3-8(6-16)9(5-10)7-17/h3-5H,2H2,1H3,(H,18,21). The number of aromatic amines is 1. The van der Waals surface area contributed by atoms with E-state index < -0.39 is 11.2 Å². The maximum Gasteiger partial charge on any atom is 0.334 e. The summed E-state index contributed by atoms with van der Waals surface area (Å²) < 4.78 is 0.896. The van der Waals surface area contributed by atoms with Crippen LogP contribution in [0, 0.1) is 22.7 Å². The number of nitrogens with one attached hydrogen (secondary N) is 1. The smallest absolute Gasteiger partial charge is 0.297 e. The highest BCUT2D eigenvalue weighted by Crippen LogP contribution is 2.13. The van der Waals surface area contributed by atoms with Gasteiger partial charge in [-0.2, -0.15) is 10.5 Å². The highest BCUT2D eigenvalue weighted by atomic mass is 35.5. The van der Waals surface area contributed by atoms with Gasteiger partial charge >= 0.3 is 5.69 Å². The van der Waals surface area contributed by atoms with Gasteiger partial charge in [-0.1, -0.05) is 18.5 Å². The van der Waals surface area contributed by atoms with Gasteiger partial charge in [0.25, 0.3) is 5.56 Å². The number of benzene rings is 1. The predicted octanol–water partition coefficient (Wildman–Crippen LogP) is 1.48. The average molecular weight is 301 g/mol. The van der Waals surface area contributed by atoms with Crippen molar-refractivity contribution in [1.29, 1.82) is 10.5 Å². The second kappa shape index (κ2) is 5.66. The van der Waals surface area contributed by atoms with Gasteiger partial charge in [0.2, 0.25) is 0 Å². The fourth-order valence-electron chi connectivity index (χ4n) is 1.95. The summed E-state index contributed by atoms with van der Waals surface area (Å²) in [5, 5.41) is 17.9. The molecule has 0 unspecified atom stereocenters. The minimum atomic E-state index is -0.698. The van der Waals surface area contributed by atoms with Gasteiger partial charge in [-0.25, -0.2) is 9.36 Å². The van der Waals surface area contributed by atoms with Gasteiger partial charge in [0, 0.05) is 0 Å². The van der Waals surface area contributed by atoms with Gasteiger partial charge < -0.3 is 0 Å². The first-order chi connectivity index (χ1) is 10.0. The van der Waals surface area contributed by atoms with Crippen molar-refractivity contribution in [2.24, 2.45) is 0 Å². The van der Waals surface area contributed by atoms with Crippen LogP contribution in [0.15, 0.2) is 27.8 Å². The number of nitriles is 2. The summed E-state index contributed by atoms with van der Waals surface area (Å²) in [5.41, 5.74) is -0.484. The molecule has 0 saturated carbocycles. The van der Waals surface area contributed by atoms with E-state index in [1.165, 1.54) is 18.2 Å². The fourth-order valence-corrected chi connectivity index (χ4v) is 2.24. The molecule has 104 valence electrons. The molecule has 2 aromatic rings. The van der Waals surface area contributed by atoms with Gasteiger partial charge in [0.1, 0.15) is 17.3 Å². The third-order valence-corrected chi connectivity index (χ3v) is 3.32. The number of rotatable bonds is 2. The molecule has 0 spiro atoms. The molecule has 0 amide bonds. The molecular weight excluding hydrogens is 292 g/mol. The van der Waals surface area contributed by atoms with Crippen LogP contribution in [0.3, 0.4) is 0 Å². The van der Waals surface area contributed by atoms with E-state index in [4.69, 9.17) is 22.1 Å². The Morgan fingerprint density at radius 2 is 1.90 bits per heavy atom. The lowest BCUT2D eigenvalue weighted by molar-refractivity contribution is 0.841. The molecule has 21 heavy (non-hydrogen) atoms. The fraction of sp³-hybridized carbons (Fsp3) is 0.143. The van der Waals surface area contributed by atoms with E-state index in [0.717, 1.165) is 4.57 Å². The lowest BCUT2D eigenvalue weighted by Gasteiger charge is -2.08. The molecule has 0 bridgehead atoms. The van der Waals surface area contributed by atoms with Crippen molar-refractivity contribution in [3.8, 4) is 17.8 Å². The highest BCUT2D eigenvalue weighted by molar-refractivity contribution is 6.30. The van der Waals surface area contributed by atoms with Gasteiger partial charge in [-0.05, 0) is 24.6 Å². The van der Waals surface area contributed by atoms with Crippen molar-refractivity contribution < 1.29 is 0 Å². The van der Waals surface area contributed by atoms with E-state index in [2.05, 4.69) is 4.98 Å². The van der Waals surface area contributed by atoms with Gasteiger partial charge in [0.05, 0.1) is 22.4 Å². The van der Waals surface area contributed by atoms with Crippen molar-refractivity contribution in [2.75, 3.05) is 0 Å². The number of hydrogen-bond donors (Lipinski definition) is 1. The Morgan fingerprint density at radius 1 is 1.24 bits per heavy atom. The van der Waals surface area contributed by atoms with E-state index in [-0.39, 0.29) is 27.5 Å². The quantitative estimate of drug-likeness (QED) is 0.848. The van der Waals surface area contributed by atoms with Crippen molar-refractivity contribution in [1.82, 2.24) is 9.55 Å². The summed E-state index contributed by atoms with van der Waals surface area (Å²) in [5.74, 6) is 0. The molecule has 6 nitrogen and oxygen atoms in total. The monoisotopic (exact) mass is 300 g/mol. The zero-order chi connectivity index (χ0) is 15.6. The first-order valence-corrected chi connectivity index (χ1v) is 6.39. The van der Waals surface area contributed by atoms with Crippen LogP contribution in [-0.4, -0.2) is 9.55 Å². The molecule has 0 atom stereocenters. The molecule has 0 aliphatic carbocycles. The Kier molecular flexibility index (Phi) is 3.93. The van der Waals surface area contributed by atoms with Crippen molar-refractivity contribution in [2.45, 2.75) is 13.3 Å². The van der Waals surface area contributed by atoms with Crippen LogP contribution in [0.25, 0.3) is 5.69 Å². The molecule has 2 rings (SSSR count). The van der Waals surface area contributed by atoms with Crippen LogP contribution in [0.4, 0.5) is 0 Å². The maximum absolute atomic E-state index is 12.3. The summed E-state index contributed by atoms with van der Waals surface area (Å²) in [6, 6.07) is 7.87. The molecule has 0 aliphatic rings. The highest BCUT2D eigenvalue weighted by Gasteiger charge is 2.14. The van der Waals surface area contributed by atoms with Crippen molar-refractivity contribution in [3.63, 3.8) is 0 Å². The maximum atomic E-state index is 12.3. The SMILES string of the molecule is CCc1c(Cl)[nH]c(=O)n(-c2ccc(C#N)c(C#N)c2)c1=O. The van der Waals surface area contributed by atoms with E-state index >= 15 is 0 Å². The summed E-state index contributed by atoms with van der Waals surface area (Å²) in [6.07, 6.45) is 0.357. The molecule has 0 aliphatic heterocycles. The first kappa shape index (κ1) is 14.6. The first-order valence-electron chi connectivity index (χ1n) is 6.01. The minimum absolute atomic E-state index is 0.0119. The molecule has 1 aromatic heterocycles. The summed E-state index contributed by atoms with van der Waals surface area (Å²) >= 11 is 5.84. The number of H-pyrrole nitrogens is 1. The Balaban J connectivity index is 2.81. The normalized spacial score (nSPS) is 9.90. The Hall–Kier alpha value is -2.83. The Labute approximate surface area is 124 Å². The average Bonchev–Trinajstić information content (AvgIpc) is 2.47. The van der Waals surface area contributed by atoms with Crippen LogP contribution < -0.4 is 11.2 Å². The second-order valence-corrected chi connectivity index (χ2v) is 4.55. The predicted molar refractivity (Wildman–Crippen MR) is 76.5 cm³/mol. The van der Waals surface area contributed by atoms with E-state index in [1.807, 2.05) is 12.1 Å². The topological polar surface area (TPSA) is 102 Å². The van der Waals surface area contributed by atoms with Crippen LogP contribution in [0.5, 0.6) is 0 Å². The molecule has 1 aromatic carbocycles. The van der Waals surface area contributed by atoms with E-state index in [9.17, 15) is 9.59 Å². The van der Waals surface area contributed by atoms with Gasteiger partial charge in [-0.15, -0.1) is 0 Å². The zero-order valence-corrected chi connectivity index (χ0v) is 11.7. The van der Waals surface area contributed by atoms with Crippen LogP contribution in [0.2, 0.25) is 5.15 Å². The summed E-state index contributed by atoms with van der Waals surface area (Å²) in [7, 11) is 0. The molecule has 1 N–H and O–H groups in total. The third kappa shape index (κ3) is 2.45. The minimum Gasteiger partial charge on any atom is -0.297 e. The molecule has 1 heterocycles. The molecule has 0 fully saturated rings. The molecule has 0 radical (unpaired) electrons. The molecule has 0 saturated heterocycles. The van der Waals surface area contributed by atoms with Crippen LogP contribution in [-0.2, 0) is 6.42 Å². The van der Waals surface area contributed by atoms with Crippen molar-refractivity contribution in [3.05, 3.63) is 60.9 Å². The van der Waals surface area contributed by atoms with E-state index in [1.54, 1.807) is 6.92 Å². The summed E-state index contributed by atoms with van der Waals surface area (Å²) in [4.78, 5) is 26.7. The Bertz CT molecular complexity index is 913. The Morgan fingerprint density at radius 3 is 2.48 bits per heavy atom.